The van der Waals surface area contributed by atoms with E-state index in [1.54, 1.807) is 48.5 Å². The minimum Gasteiger partial charge on any atom is -0.352 e. The zero-order valence-electron chi connectivity index (χ0n) is 22.4. The van der Waals surface area contributed by atoms with E-state index in [0.29, 0.717) is 60.3 Å². The number of amides is 4. The highest BCUT2D eigenvalue weighted by atomic mass is 16.2. The summed E-state index contributed by atoms with van der Waals surface area (Å²) in [5.41, 5.74) is 3.60. The summed E-state index contributed by atoms with van der Waals surface area (Å²) in [7, 11) is 0. The molecule has 4 N–H and O–H groups in total. The first-order chi connectivity index (χ1) is 19.4. The number of rotatable bonds is 0. The van der Waals surface area contributed by atoms with Crippen molar-refractivity contribution >= 4 is 23.6 Å². The van der Waals surface area contributed by atoms with Crippen LogP contribution in [0.1, 0.15) is 78.2 Å². The van der Waals surface area contributed by atoms with Gasteiger partial charge in [-0.3, -0.25) is 19.2 Å². The van der Waals surface area contributed by atoms with Gasteiger partial charge < -0.3 is 21.3 Å². The summed E-state index contributed by atoms with van der Waals surface area (Å²) in [6.45, 7) is 1.83. The zero-order valence-corrected chi connectivity index (χ0v) is 22.4. The first-order valence-electron chi connectivity index (χ1n) is 13.9. The van der Waals surface area contributed by atoms with Gasteiger partial charge in [0, 0.05) is 48.4 Å². The molecule has 4 amide bonds. The molecule has 4 heterocycles. The molecule has 8 bridgehead atoms. The SMILES string of the molecule is O=C1NCc2ccc(cc2)CNC(=O)c2cccc(c2)C(=O)NCC2CCC(CC2)CNC(=O)c2cccc1c2. The van der Waals surface area contributed by atoms with Crippen molar-refractivity contribution in [2.75, 3.05) is 13.1 Å². The number of benzene rings is 3. The van der Waals surface area contributed by atoms with Gasteiger partial charge in [-0.2, -0.15) is 0 Å². The molecule has 3 aromatic carbocycles. The van der Waals surface area contributed by atoms with Crippen LogP contribution in [-0.2, 0) is 13.1 Å². The highest BCUT2D eigenvalue weighted by Gasteiger charge is 2.23. The Labute approximate surface area is 233 Å². The van der Waals surface area contributed by atoms with Crippen molar-refractivity contribution in [3.63, 3.8) is 0 Å². The number of hydrogen-bond acceptors (Lipinski definition) is 4. The molecule has 0 spiro atoms. The Morgan fingerprint density at radius 1 is 0.450 bits per heavy atom. The number of nitrogens with one attached hydrogen (secondary N) is 4. The fourth-order valence-electron chi connectivity index (χ4n) is 5.27. The van der Waals surface area contributed by atoms with Gasteiger partial charge in [0.15, 0.2) is 0 Å². The molecule has 5 aliphatic rings. The highest BCUT2D eigenvalue weighted by Crippen LogP contribution is 2.28. The Hall–Kier alpha value is -4.46. The van der Waals surface area contributed by atoms with Gasteiger partial charge in [-0.1, -0.05) is 36.4 Å². The van der Waals surface area contributed by atoms with E-state index in [-0.39, 0.29) is 23.6 Å². The lowest BCUT2D eigenvalue weighted by atomic mass is 9.82. The topological polar surface area (TPSA) is 116 Å². The van der Waals surface area contributed by atoms with Crippen LogP contribution in [0.25, 0.3) is 0 Å². The van der Waals surface area contributed by atoms with Crippen LogP contribution in [0, 0.1) is 11.8 Å². The first kappa shape index (κ1) is 27.1. The summed E-state index contributed by atoms with van der Waals surface area (Å²) in [5, 5.41) is 11.9. The van der Waals surface area contributed by atoms with E-state index in [2.05, 4.69) is 21.3 Å². The van der Waals surface area contributed by atoms with Crippen LogP contribution in [-0.4, -0.2) is 36.7 Å². The monoisotopic (exact) mass is 538 g/mol. The van der Waals surface area contributed by atoms with Crippen molar-refractivity contribution < 1.29 is 19.2 Å². The van der Waals surface area contributed by atoms with Crippen LogP contribution >= 0.6 is 0 Å². The number of carbonyl (C=O) groups excluding carboxylic acids is 4. The molecule has 8 heteroatoms. The Morgan fingerprint density at radius 3 is 1.12 bits per heavy atom. The third-order valence-corrected chi connectivity index (χ3v) is 7.77. The second-order valence-corrected chi connectivity index (χ2v) is 10.7. The molecule has 0 radical (unpaired) electrons. The molecule has 40 heavy (non-hydrogen) atoms. The Bertz CT molecular complexity index is 1290. The molecule has 0 atom stereocenters. The largest absolute Gasteiger partial charge is 0.352 e. The van der Waals surface area contributed by atoms with Crippen LogP contribution in [0.5, 0.6) is 0 Å². The van der Waals surface area contributed by atoms with Crippen LogP contribution in [0.2, 0.25) is 0 Å². The zero-order chi connectivity index (χ0) is 27.9. The molecule has 4 aliphatic heterocycles. The predicted octanol–water partition coefficient (Wildman–Crippen LogP) is 3.83. The van der Waals surface area contributed by atoms with Crippen LogP contribution in [0.15, 0.2) is 72.8 Å². The molecule has 3 aromatic rings. The normalized spacial score (nSPS) is 20.7. The number of carbonyl (C=O) groups is 4. The van der Waals surface area contributed by atoms with Crippen molar-refractivity contribution in [2.45, 2.75) is 38.8 Å². The van der Waals surface area contributed by atoms with Crippen molar-refractivity contribution in [3.05, 3.63) is 106 Å². The Balaban J connectivity index is 1.31. The predicted molar refractivity (Wildman–Crippen MR) is 152 cm³/mol. The lowest BCUT2D eigenvalue weighted by molar-refractivity contribution is 0.0920. The molecule has 0 aromatic heterocycles. The maximum absolute atomic E-state index is 12.8. The van der Waals surface area contributed by atoms with E-state index in [0.717, 1.165) is 36.8 Å². The van der Waals surface area contributed by atoms with E-state index in [1.807, 2.05) is 24.3 Å². The van der Waals surface area contributed by atoms with E-state index in [4.69, 9.17) is 0 Å². The van der Waals surface area contributed by atoms with E-state index in [1.165, 1.54) is 0 Å². The molecule has 8 rings (SSSR count). The van der Waals surface area contributed by atoms with Gasteiger partial charge >= 0.3 is 0 Å². The third kappa shape index (κ3) is 6.94. The minimum absolute atomic E-state index is 0.185. The van der Waals surface area contributed by atoms with Gasteiger partial charge in [-0.25, -0.2) is 0 Å². The van der Waals surface area contributed by atoms with Crippen molar-refractivity contribution in [3.8, 4) is 0 Å². The van der Waals surface area contributed by atoms with E-state index >= 15 is 0 Å². The maximum Gasteiger partial charge on any atom is 0.251 e. The van der Waals surface area contributed by atoms with Gasteiger partial charge in [-0.15, -0.1) is 0 Å². The van der Waals surface area contributed by atoms with E-state index in [9.17, 15) is 19.2 Å². The fraction of sp³-hybridized carbons (Fsp3) is 0.312. The molecule has 1 aliphatic carbocycles. The quantitative estimate of drug-likeness (QED) is 0.348. The molecule has 206 valence electrons. The molecular weight excluding hydrogens is 504 g/mol. The first-order valence-corrected chi connectivity index (χ1v) is 13.9. The standard InChI is InChI=1S/C32H34N4O4/c37-29-25-3-1-4-26(15-25)30(38)34-18-22-9-13-24(14-10-22)20-36-32(40)28-6-2-5-27(16-28)31(39)35-19-23-11-7-21(8-12-23)17-33-29/h1-8,11-12,15-16,22,24H,9-10,13-14,17-20H2,(H,33,37)(H,34,38)(H,35,39)(H,36,40). The highest BCUT2D eigenvalue weighted by molar-refractivity contribution is 6.00. The molecule has 1 fully saturated rings. The van der Waals surface area contributed by atoms with Crippen molar-refractivity contribution in [1.29, 1.82) is 0 Å². The Morgan fingerprint density at radius 2 is 0.775 bits per heavy atom. The summed E-state index contributed by atoms with van der Waals surface area (Å²) in [6, 6.07) is 21.1. The van der Waals surface area contributed by atoms with Crippen molar-refractivity contribution in [2.24, 2.45) is 11.8 Å². The van der Waals surface area contributed by atoms with Gasteiger partial charge in [0.05, 0.1) is 0 Å². The van der Waals surface area contributed by atoms with E-state index < -0.39 is 0 Å². The summed E-state index contributed by atoms with van der Waals surface area (Å²) in [5.74, 6) is -0.115. The van der Waals surface area contributed by atoms with Crippen molar-refractivity contribution in [1.82, 2.24) is 21.3 Å². The van der Waals surface area contributed by atoms with Gasteiger partial charge in [0.25, 0.3) is 23.6 Å². The lowest BCUT2D eigenvalue weighted by Gasteiger charge is -2.28. The third-order valence-electron chi connectivity index (χ3n) is 7.77. The van der Waals surface area contributed by atoms with Crippen LogP contribution in [0.4, 0.5) is 0 Å². The van der Waals surface area contributed by atoms with Gasteiger partial charge in [-0.05, 0) is 85.0 Å². The summed E-state index contributed by atoms with van der Waals surface area (Å²) in [6.07, 6.45) is 3.89. The summed E-state index contributed by atoms with van der Waals surface area (Å²) >= 11 is 0. The average molecular weight is 539 g/mol. The summed E-state index contributed by atoms with van der Waals surface area (Å²) in [4.78, 5) is 51.2. The smallest absolute Gasteiger partial charge is 0.251 e. The molecule has 8 nitrogen and oxygen atoms in total. The number of hydrogen-bond donors (Lipinski definition) is 4. The lowest BCUT2D eigenvalue weighted by Crippen LogP contribution is -2.34. The van der Waals surface area contributed by atoms with Crippen LogP contribution < -0.4 is 21.3 Å². The summed E-state index contributed by atoms with van der Waals surface area (Å²) < 4.78 is 0. The van der Waals surface area contributed by atoms with Gasteiger partial charge in [0.2, 0.25) is 0 Å². The fourth-order valence-corrected chi connectivity index (χ4v) is 5.27. The molecule has 1 saturated carbocycles. The van der Waals surface area contributed by atoms with Crippen LogP contribution in [0.3, 0.4) is 0 Å². The maximum atomic E-state index is 12.8. The second-order valence-electron chi connectivity index (χ2n) is 10.7. The van der Waals surface area contributed by atoms with Gasteiger partial charge in [0.1, 0.15) is 0 Å². The molecular formula is C32H34N4O4. The molecule has 0 saturated heterocycles. The minimum atomic E-state index is -0.250. The second kappa shape index (κ2) is 12.6. The molecule has 0 unspecified atom stereocenters. The average Bonchev–Trinajstić information content (AvgIpc) is 3.00. The Kier molecular flexibility index (Phi) is 8.54.